The molecule has 0 aromatic carbocycles. The van der Waals surface area contributed by atoms with Gasteiger partial charge in [-0.15, -0.1) is 0 Å². The Balaban J connectivity index is 2.03. The van der Waals surface area contributed by atoms with E-state index in [9.17, 15) is 4.79 Å². The normalized spacial score (nSPS) is 17.1. The van der Waals surface area contributed by atoms with Gasteiger partial charge in [0.2, 0.25) is 0 Å². The van der Waals surface area contributed by atoms with Gasteiger partial charge in [-0.2, -0.15) is 0 Å². The van der Waals surface area contributed by atoms with Crippen LogP contribution in [-0.2, 0) is 0 Å². The summed E-state index contributed by atoms with van der Waals surface area (Å²) in [7, 11) is 1.81. The fraction of sp³-hybridized carbons (Fsp3) is 0.538. The van der Waals surface area contributed by atoms with Crippen molar-refractivity contribution >= 4 is 11.6 Å². The van der Waals surface area contributed by atoms with Crippen LogP contribution in [0.3, 0.4) is 0 Å². The number of hydrogen-bond donors (Lipinski definition) is 2. The summed E-state index contributed by atoms with van der Waals surface area (Å²) in [4.78, 5) is 16.1. The smallest absolute Gasteiger partial charge is 0.255 e. The summed E-state index contributed by atoms with van der Waals surface area (Å²) in [6, 6.07) is 2.06. The highest BCUT2D eigenvalue weighted by atomic mass is 16.1. The lowest BCUT2D eigenvalue weighted by atomic mass is 9.80. The van der Waals surface area contributed by atoms with Crippen molar-refractivity contribution in [2.24, 2.45) is 5.92 Å². The Kier molecular flexibility index (Phi) is 3.61. The second kappa shape index (κ2) is 5.17. The third kappa shape index (κ3) is 2.57. The van der Waals surface area contributed by atoms with Crippen molar-refractivity contribution in [1.82, 2.24) is 10.3 Å². The SMILES string of the molecule is CNc1ccncc1C(=O)NC(C)C1CCC1. The molecule has 1 heterocycles. The standard InChI is InChI=1S/C13H19N3O/c1-9(10-4-3-5-10)16-13(17)11-8-15-7-6-12(11)14-2/h6-10H,3-5H2,1-2H3,(H,14,15)(H,16,17). The molecule has 92 valence electrons. The largest absolute Gasteiger partial charge is 0.387 e. The fourth-order valence-electron chi connectivity index (χ4n) is 2.14. The van der Waals surface area contributed by atoms with Gasteiger partial charge in [0.05, 0.1) is 5.56 Å². The molecule has 0 radical (unpaired) electrons. The van der Waals surface area contributed by atoms with Crippen molar-refractivity contribution in [2.45, 2.75) is 32.2 Å². The minimum absolute atomic E-state index is 0.0400. The number of rotatable bonds is 4. The highest BCUT2D eigenvalue weighted by molar-refractivity contribution is 5.99. The maximum absolute atomic E-state index is 12.1. The summed E-state index contributed by atoms with van der Waals surface area (Å²) in [5, 5.41) is 6.06. The van der Waals surface area contributed by atoms with E-state index in [0.29, 0.717) is 11.5 Å². The molecule has 1 aromatic heterocycles. The highest BCUT2D eigenvalue weighted by Gasteiger charge is 2.25. The molecular formula is C13H19N3O. The van der Waals surface area contributed by atoms with E-state index >= 15 is 0 Å². The van der Waals surface area contributed by atoms with Gasteiger partial charge in [0.25, 0.3) is 5.91 Å². The Morgan fingerprint density at radius 3 is 2.88 bits per heavy atom. The van der Waals surface area contributed by atoms with Crippen LogP contribution >= 0.6 is 0 Å². The number of anilines is 1. The molecule has 0 aliphatic heterocycles. The summed E-state index contributed by atoms with van der Waals surface area (Å²) in [6.07, 6.45) is 7.03. The molecule has 0 bridgehead atoms. The Bertz CT molecular complexity index is 401. The molecule has 2 N–H and O–H groups in total. The fourth-order valence-corrected chi connectivity index (χ4v) is 2.14. The predicted octanol–water partition coefficient (Wildman–Crippen LogP) is 2.04. The summed E-state index contributed by atoms with van der Waals surface area (Å²) in [5.74, 6) is 0.607. The molecule has 2 rings (SSSR count). The van der Waals surface area contributed by atoms with Crippen LogP contribution in [0, 0.1) is 5.92 Å². The minimum atomic E-state index is -0.0400. The van der Waals surface area contributed by atoms with Crippen molar-refractivity contribution in [3.63, 3.8) is 0 Å². The monoisotopic (exact) mass is 233 g/mol. The molecule has 0 saturated heterocycles. The van der Waals surface area contributed by atoms with E-state index in [0.717, 1.165) is 5.69 Å². The van der Waals surface area contributed by atoms with Gasteiger partial charge in [-0.3, -0.25) is 9.78 Å². The highest BCUT2D eigenvalue weighted by Crippen LogP contribution is 2.29. The molecule has 1 aliphatic carbocycles. The van der Waals surface area contributed by atoms with Crippen molar-refractivity contribution in [3.8, 4) is 0 Å². The van der Waals surface area contributed by atoms with Gasteiger partial charge >= 0.3 is 0 Å². The molecule has 4 heteroatoms. The minimum Gasteiger partial charge on any atom is -0.387 e. The average molecular weight is 233 g/mol. The second-order valence-electron chi connectivity index (χ2n) is 4.62. The maximum Gasteiger partial charge on any atom is 0.255 e. The van der Waals surface area contributed by atoms with Gasteiger partial charge in [-0.1, -0.05) is 6.42 Å². The van der Waals surface area contributed by atoms with Crippen LogP contribution in [0.4, 0.5) is 5.69 Å². The number of nitrogens with zero attached hydrogens (tertiary/aromatic N) is 1. The zero-order chi connectivity index (χ0) is 12.3. The van der Waals surface area contributed by atoms with Crippen LogP contribution in [-0.4, -0.2) is 24.0 Å². The van der Waals surface area contributed by atoms with Crippen molar-refractivity contribution < 1.29 is 4.79 Å². The van der Waals surface area contributed by atoms with E-state index in [1.165, 1.54) is 19.3 Å². The van der Waals surface area contributed by atoms with Gasteiger partial charge < -0.3 is 10.6 Å². The molecule has 1 aliphatic rings. The summed E-state index contributed by atoms with van der Waals surface area (Å²) < 4.78 is 0. The molecular weight excluding hydrogens is 214 g/mol. The topological polar surface area (TPSA) is 54.0 Å². The van der Waals surface area contributed by atoms with Crippen molar-refractivity contribution in [1.29, 1.82) is 0 Å². The Hall–Kier alpha value is -1.58. The molecule has 17 heavy (non-hydrogen) atoms. The lowest BCUT2D eigenvalue weighted by molar-refractivity contribution is 0.0910. The molecule has 0 spiro atoms. The van der Waals surface area contributed by atoms with Crippen LogP contribution in [0.5, 0.6) is 0 Å². The van der Waals surface area contributed by atoms with Crippen LogP contribution in [0.1, 0.15) is 36.5 Å². The van der Waals surface area contributed by atoms with E-state index < -0.39 is 0 Å². The first kappa shape index (κ1) is 11.9. The van der Waals surface area contributed by atoms with Gasteiger partial charge in [0, 0.05) is 31.2 Å². The molecule has 1 amide bonds. The predicted molar refractivity (Wildman–Crippen MR) is 68.1 cm³/mol. The van der Waals surface area contributed by atoms with Gasteiger partial charge in [-0.25, -0.2) is 0 Å². The molecule has 1 saturated carbocycles. The second-order valence-corrected chi connectivity index (χ2v) is 4.62. The molecule has 1 unspecified atom stereocenters. The quantitative estimate of drug-likeness (QED) is 0.836. The summed E-state index contributed by atoms with van der Waals surface area (Å²) in [6.45, 7) is 2.08. The number of aromatic nitrogens is 1. The molecule has 1 atom stereocenters. The average Bonchev–Trinajstić information content (AvgIpc) is 2.26. The first-order valence-corrected chi connectivity index (χ1v) is 6.15. The van der Waals surface area contributed by atoms with Crippen molar-refractivity contribution in [3.05, 3.63) is 24.0 Å². The Labute approximate surface area is 102 Å². The number of amides is 1. The number of nitrogens with one attached hydrogen (secondary N) is 2. The zero-order valence-electron chi connectivity index (χ0n) is 10.4. The van der Waals surface area contributed by atoms with E-state index in [-0.39, 0.29) is 11.9 Å². The van der Waals surface area contributed by atoms with E-state index in [4.69, 9.17) is 0 Å². The van der Waals surface area contributed by atoms with E-state index in [1.807, 2.05) is 13.1 Å². The first-order chi connectivity index (χ1) is 8.22. The zero-order valence-corrected chi connectivity index (χ0v) is 10.4. The van der Waals surface area contributed by atoms with E-state index in [1.54, 1.807) is 12.4 Å². The Morgan fingerprint density at radius 1 is 1.53 bits per heavy atom. The number of carbonyl (C=O) groups excluding carboxylic acids is 1. The lowest BCUT2D eigenvalue weighted by Gasteiger charge is -2.32. The third-order valence-electron chi connectivity index (χ3n) is 3.55. The van der Waals surface area contributed by atoms with Crippen molar-refractivity contribution in [2.75, 3.05) is 12.4 Å². The number of hydrogen-bond acceptors (Lipinski definition) is 3. The van der Waals surface area contributed by atoms with Crippen LogP contribution in [0.2, 0.25) is 0 Å². The lowest BCUT2D eigenvalue weighted by Crippen LogP contribution is -2.40. The summed E-state index contributed by atoms with van der Waals surface area (Å²) in [5.41, 5.74) is 1.43. The summed E-state index contributed by atoms with van der Waals surface area (Å²) >= 11 is 0. The van der Waals surface area contributed by atoms with Gasteiger partial charge in [0.1, 0.15) is 0 Å². The maximum atomic E-state index is 12.1. The number of carbonyl (C=O) groups is 1. The van der Waals surface area contributed by atoms with Crippen LogP contribution in [0.25, 0.3) is 0 Å². The first-order valence-electron chi connectivity index (χ1n) is 6.15. The number of pyridine rings is 1. The molecule has 1 fully saturated rings. The Morgan fingerprint density at radius 2 is 2.29 bits per heavy atom. The van der Waals surface area contributed by atoms with Gasteiger partial charge in [-0.05, 0) is 31.7 Å². The van der Waals surface area contributed by atoms with Crippen LogP contribution < -0.4 is 10.6 Å². The third-order valence-corrected chi connectivity index (χ3v) is 3.55. The molecule has 4 nitrogen and oxygen atoms in total. The van der Waals surface area contributed by atoms with Gasteiger partial charge in [0.15, 0.2) is 0 Å². The molecule has 1 aromatic rings. The van der Waals surface area contributed by atoms with Crippen LogP contribution in [0.15, 0.2) is 18.5 Å². The van der Waals surface area contributed by atoms with E-state index in [2.05, 4.69) is 22.5 Å².